The van der Waals surface area contributed by atoms with E-state index in [1.807, 2.05) is 54.6 Å². The van der Waals surface area contributed by atoms with Gasteiger partial charge in [-0.25, -0.2) is 4.79 Å². The van der Waals surface area contributed by atoms with Gasteiger partial charge in [-0.15, -0.1) is 0 Å². The number of rotatable bonds is 4. The van der Waals surface area contributed by atoms with Gasteiger partial charge in [0.1, 0.15) is 18.5 Å². The predicted molar refractivity (Wildman–Crippen MR) is 89.9 cm³/mol. The molecule has 126 valence electrons. The van der Waals surface area contributed by atoms with Crippen LogP contribution in [0.3, 0.4) is 0 Å². The molecule has 0 unspecified atom stereocenters. The van der Waals surface area contributed by atoms with Crippen LogP contribution in [0, 0.1) is 0 Å². The summed E-state index contributed by atoms with van der Waals surface area (Å²) in [5.74, 6) is 0.766. The van der Waals surface area contributed by atoms with E-state index < -0.39 is 0 Å². The second-order valence-corrected chi connectivity index (χ2v) is 5.59. The van der Waals surface area contributed by atoms with Gasteiger partial charge in [0.15, 0.2) is 0 Å². The van der Waals surface area contributed by atoms with Crippen LogP contribution in [-0.2, 0) is 16.1 Å². The Balaban J connectivity index is 1.61. The molecule has 0 spiro atoms. The van der Waals surface area contributed by atoms with Crippen molar-refractivity contribution < 1.29 is 19.0 Å². The van der Waals surface area contributed by atoms with Crippen molar-refractivity contribution in [3.05, 3.63) is 65.7 Å². The van der Waals surface area contributed by atoms with E-state index in [0.717, 1.165) is 16.9 Å². The highest BCUT2D eigenvalue weighted by Crippen LogP contribution is 2.30. The number of hydrogen-bond acceptors (Lipinski definition) is 4. The normalized spacial score (nSPS) is 17.4. The van der Waals surface area contributed by atoms with Gasteiger partial charge in [-0.05, 0) is 11.6 Å². The van der Waals surface area contributed by atoms with Crippen molar-refractivity contribution in [2.75, 3.05) is 26.8 Å². The molecule has 1 heterocycles. The van der Waals surface area contributed by atoms with Crippen LogP contribution >= 0.6 is 0 Å². The fraction of sp³-hybridized carbons (Fsp3) is 0.316. The zero-order valence-corrected chi connectivity index (χ0v) is 13.7. The molecule has 0 bridgehead atoms. The van der Waals surface area contributed by atoms with Gasteiger partial charge in [-0.1, -0.05) is 48.5 Å². The first-order valence-electron chi connectivity index (χ1n) is 7.98. The fourth-order valence-corrected chi connectivity index (χ4v) is 2.75. The zero-order valence-electron chi connectivity index (χ0n) is 13.7. The number of benzene rings is 2. The van der Waals surface area contributed by atoms with E-state index in [0.29, 0.717) is 19.7 Å². The third-order valence-corrected chi connectivity index (χ3v) is 4.02. The Kier molecular flexibility index (Phi) is 5.33. The van der Waals surface area contributed by atoms with Crippen molar-refractivity contribution in [2.45, 2.75) is 12.7 Å². The van der Waals surface area contributed by atoms with Gasteiger partial charge in [0.05, 0.1) is 20.3 Å². The van der Waals surface area contributed by atoms with Gasteiger partial charge in [-0.3, -0.25) is 0 Å². The van der Waals surface area contributed by atoms with E-state index in [2.05, 4.69) is 0 Å². The van der Waals surface area contributed by atoms with Crippen molar-refractivity contribution >= 4 is 6.09 Å². The molecular formula is C19H21NO4. The number of ether oxygens (including phenoxy) is 3. The lowest BCUT2D eigenvalue weighted by Crippen LogP contribution is -2.42. The van der Waals surface area contributed by atoms with E-state index in [-0.39, 0.29) is 18.8 Å². The number of carbonyl (C=O) groups is 1. The van der Waals surface area contributed by atoms with E-state index in [4.69, 9.17) is 14.2 Å². The minimum Gasteiger partial charge on any atom is -0.496 e. The molecule has 1 saturated heterocycles. The second kappa shape index (κ2) is 7.84. The first-order valence-corrected chi connectivity index (χ1v) is 7.98. The average molecular weight is 327 g/mol. The molecular weight excluding hydrogens is 306 g/mol. The number of morpholine rings is 1. The first kappa shape index (κ1) is 16.3. The molecule has 1 fully saturated rings. The molecule has 1 aliphatic heterocycles. The smallest absolute Gasteiger partial charge is 0.410 e. The monoisotopic (exact) mass is 327 g/mol. The Morgan fingerprint density at radius 1 is 1.17 bits per heavy atom. The molecule has 5 heteroatoms. The SMILES string of the molecule is COc1ccccc1[C@@H]1CN(C(=O)OCc2ccccc2)CCO1. The molecule has 3 rings (SSSR count). The van der Waals surface area contributed by atoms with Crippen molar-refractivity contribution in [3.63, 3.8) is 0 Å². The van der Waals surface area contributed by atoms with E-state index in [1.54, 1.807) is 12.0 Å². The summed E-state index contributed by atoms with van der Waals surface area (Å²) in [5, 5.41) is 0. The highest BCUT2D eigenvalue weighted by molar-refractivity contribution is 5.67. The Morgan fingerprint density at radius 2 is 1.92 bits per heavy atom. The summed E-state index contributed by atoms with van der Waals surface area (Å²) in [6.07, 6.45) is -0.527. The minimum absolute atomic E-state index is 0.209. The maximum absolute atomic E-state index is 12.3. The molecule has 24 heavy (non-hydrogen) atoms. The molecule has 2 aromatic rings. The van der Waals surface area contributed by atoms with Gasteiger partial charge in [-0.2, -0.15) is 0 Å². The summed E-state index contributed by atoms with van der Waals surface area (Å²) in [5.41, 5.74) is 1.92. The number of hydrogen-bond donors (Lipinski definition) is 0. The van der Waals surface area contributed by atoms with Crippen LogP contribution in [0.15, 0.2) is 54.6 Å². The van der Waals surface area contributed by atoms with Crippen molar-refractivity contribution in [1.82, 2.24) is 4.90 Å². The summed E-state index contributed by atoms with van der Waals surface area (Å²) in [6, 6.07) is 17.4. The molecule has 1 amide bonds. The minimum atomic E-state index is -0.318. The van der Waals surface area contributed by atoms with Gasteiger partial charge < -0.3 is 19.1 Å². The standard InChI is InChI=1S/C19H21NO4/c1-22-17-10-6-5-9-16(17)18-13-20(11-12-23-18)19(21)24-14-15-7-3-2-4-8-15/h2-10,18H,11-14H2,1H3/t18-/m0/s1. The Hall–Kier alpha value is -2.53. The third kappa shape index (κ3) is 3.86. The van der Waals surface area contributed by atoms with Crippen LogP contribution in [0.25, 0.3) is 0 Å². The van der Waals surface area contributed by atoms with Crippen molar-refractivity contribution in [3.8, 4) is 5.75 Å². The Morgan fingerprint density at radius 3 is 2.71 bits per heavy atom. The Labute approximate surface area is 141 Å². The summed E-state index contributed by atoms with van der Waals surface area (Å²) in [6.45, 7) is 1.73. The van der Waals surface area contributed by atoms with Crippen LogP contribution in [0.2, 0.25) is 0 Å². The molecule has 0 aliphatic carbocycles. The molecule has 0 saturated carbocycles. The van der Waals surface area contributed by atoms with Gasteiger partial charge >= 0.3 is 6.09 Å². The van der Waals surface area contributed by atoms with Crippen LogP contribution in [0.1, 0.15) is 17.2 Å². The van der Waals surface area contributed by atoms with Crippen LogP contribution in [0.4, 0.5) is 4.79 Å². The summed E-state index contributed by atoms with van der Waals surface area (Å²) >= 11 is 0. The lowest BCUT2D eigenvalue weighted by molar-refractivity contribution is -0.0304. The van der Waals surface area contributed by atoms with Gasteiger partial charge in [0.2, 0.25) is 0 Å². The van der Waals surface area contributed by atoms with Crippen molar-refractivity contribution in [1.29, 1.82) is 0 Å². The van der Waals surface area contributed by atoms with Gasteiger partial charge in [0, 0.05) is 12.1 Å². The third-order valence-electron chi connectivity index (χ3n) is 4.02. The lowest BCUT2D eigenvalue weighted by Gasteiger charge is -2.33. The predicted octanol–water partition coefficient (Wildman–Crippen LogP) is 3.41. The number of nitrogens with zero attached hydrogens (tertiary/aromatic N) is 1. The molecule has 0 N–H and O–H groups in total. The van der Waals surface area contributed by atoms with Crippen molar-refractivity contribution in [2.24, 2.45) is 0 Å². The van der Waals surface area contributed by atoms with Gasteiger partial charge in [0.25, 0.3) is 0 Å². The average Bonchev–Trinajstić information content (AvgIpc) is 2.67. The first-order chi connectivity index (χ1) is 11.8. The van der Waals surface area contributed by atoms with E-state index >= 15 is 0 Å². The maximum atomic E-state index is 12.3. The largest absolute Gasteiger partial charge is 0.496 e. The van der Waals surface area contributed by atoms with E-state index in [1.165, 1.54) is 0 Å². The van der Waals surface area contributed by atoms with Crippen LogP contribution in [-0.4, -0.2) is 37.8 Å². The number of methoxy groups -OCH3 is 1. The number of carbonyl (C=O) groups excluding carboxylic acids is 1. The lowest BCUT2D eigenvalue weighted by atomic mass is 10.1. The molecule has 1 atom stereocenters. The molecule has 5 nitrogen and oxygen atoms in total. The molecule has 2 aromatic carbocycles. The molecule has 0 aromatic heterocycles. The molecule has 1 aliphatic rings. The summed E-state index contributed by atoms with van der Waals surface area (Å²) < 4.78 is 16.6. The van der Waals surface area contributed by atoms with Crippen LogP contribution < -0.4 is 4.74 Å². The highest BCUT2D eigenvalue weighted by atomic mass is 16.6. The molecule has 0 radical (unpaired) electrons. The summed E-state index contributed by atoms with van der Waals surface area (Å²) in [4.78, 5) is 14.0. The summed E-state index contributed by atoms with van der Waals surface area (Å²) in [7, 11) is 1.63. The quantitative estimate of drug-likeness (QED) is 0.863. The number of amides is 1. The second-order valence-electron chi connectivity index (χ2n) is 5.59. The Bertz CT molecular complexity index is 674. The highest BCUT2D eigenvalue weighted by Gasteiger charge is 2.28. The maximum Gasteiger partial charge on any atom is 0.410 e. The number of para-hydroxylation sites is 1. The van der Waals surface area contributed by atoms with E-state index in [9.17, 15) is 4.79 Å². The van der Waals surface area contributed by atoms with Crippen LogP contribution in [0.5, 0.6) is 5.75 Å². The topological polar surface area (TPSA) is 48.0 Å². The fourth-order valence-electron chi connectivity index (χ4n) is 2.75. The zero-order chi connectivity index (χ0) is 16.8.